The van der Waals surface area contributed by atoms with E-state index in [2.05, 4.69) is 24.1 Å². The molecule has 0 aliphatic carbocycles. The molecule has 4 heteroatoms. The zero-order valence-corrected chi connectivity index (χ0v) is 12.8. The summed E-state index contributed by atoms with van der Waals surface area (Å²) in [6, 6.07) is 5.75. The number of anilines is 1. The van der Waals surface area contributed by atoms with Gasteiger partial charge >= 0.3 is 6.03 Å². The summed E-state index contributed by atoms with van der Waals surface area (Å²) in [5, 5.41) is 2.97. The van der Waals surface area contributed by atoms with Crippen LogP contribution in [0.25, 0.3) is 0 Å². The molecule has 0 bridgehead atoms. The van der Waals surface area contributed by atoms with E-state index in [1.54, 1.807) is 0 Å². The Hall–Kier alpha value is -1.99. The number of amides is 2. The maximum absolute atomic E-state index is 12.3. The molecule has 112 valence electrons. The first-order valence-corrected chi connectivity index (χ1v) is 7.45. The number of urea groups is 1. The normalized spacial score (nSPS) is 17.9. The Bertz CT molecular complexity index is 571. The van der Waals surface area contributed by atoms with Crippen LogP contribution in [-0.2, 0) is 0 Å². The number of nitrogens with two attached hydrogens (primary N) is 1. The third-order valence-corrected chi connectivity index (χ3v) is 3.75. The molecule has 2 rings (SSSR count). The van der Waals surface area contributed by atoms with Crippen LogP contribution in [0.5, 0.6) is 0 Å². The van der Waals surface area contributed by atoms with Gasteiger partial charge in [-0.1, -0.05) is 18.8 Å². The van der Waals surface area contributed by atoms with Gasteiger partial charge < -0.3 is 16.0 Å². The molecule has 4 nitrogen and oxygen atoms in total. The summed E-state index contributed by atoms with van der Waals surface area (Å²) in [6.07, 6.45) is 2.29. The number of piperidine rings is 1. The second-order valence-corrected chi connectivity index (χ2v) is 5.66. The maximum atomic E-state index is 12.3. The van der Waals surface area contributed by atoms with E-state index in [-0.39, 0.29) is 6.03 Å². The van der Waals surface area contributed by atoms with Crippen LogP contribution in [0.3, 0.4) is 0 Å². The maximum Gasteiger partial charge on any atom is 0.321 e. The van der Waals surface area contributed by atoms with Crippen LogP contribution in [0.1, 0.15) is 30.9 Å². The van der Waals surface area contributed by atoms with E-state index in [4.69, 9.17) is 5.73 Å². The topological polar surface area (TPSA) is 58.4 Å². The monoisotopic (exact) mass is 285 g/mol. The van der Waals surface area contributed by atoms with Crippen molar-refractivity contribution < 1.29 is 4.79 Å². The number of nitrogens with one attached hydrogen (secondary N) is 1. The molecule has 2 amide bonds. The molecular weight excluding hydrogens is 262 g/mol. The number of carbonyl (C=O) groups excluding carboxylic acids is 1. The highest BCUT2D eigenvalue weighted by molar-refractivity contribution is 5.89. The minimum absolute atomic E-state index is 0.0123. The molecule has 1 heterocycles. The predicted molar refractivity (Wildman–Crippen MR) is 86.1 cm³/mol. The zero-order valence-electron chi connectivity index (χ0n) is 12.8. The first-order chi connectivity index (χ1) is 10.1. The van der Waals surface area contributed by atoms with Crippen molar-refractivity contribution in [2.45, 2.75) is 26.7 Å². The van der Waals surface area contributed by atoms with Gasteiger partial charge in [0.2, 0.25) is 0 Å². The summed E-state index contributed by atoms with van der Waals surface area (Å²) in [7, 11) is 0. The molecule has 0 aromatic heterocycles. The number of hydrogen-bond acceptors (Lipinski definition) is 2. The molecule has 1 aromatic carbocycles. The van der Waals surface area contributed by atoms with Gasteiger partial charge in [-0.25, -0.2) is 4.79 Å². The summed E-state index contributed by atoms with van der Waals surface area (Å²) in [4.78, 5) is 14.1. The molecule has 1 aliphatic rings. The van der Waals surface area contributed by atoms with Gasteiger partial charge in [-0.2, -0.15) is 0 Å². The smallest absolute Gasteiger partial charge is 0.321 e. The second-order valence-electron chi connectivity index (χ2n) is 5.66. The summed E-state index contributed by atoms with van der Waals surface area (Å²) in [5.74, 6) is 6.45. The Morgan fingerprint density at radius 3 is 3.00 bits per heavy atom. The zero-order chi connectivity index (χ0) is 15.2. The van der Waals surface area contributed by atoms with Gasteiger partial charge in [0.05, 0.1) is 6.54 Å². The number of likely N-dealkylation sites (tertiary alicyclic amines) is 1. The molecule has 21 heavy (non-hydrogen) atoms. The quantitative estimate of drug-likeness (QED) is 0.779. The SMILES string of the molecule is Cc1cc(NC(=O)N2CCCC(C)C2)ccc1C#CCN. The number of benzene rings is 1. The van der Waals surface area contributed by atoms with Gasteiger partial charge in [-0.15, -0.1) is 0 Å². The fourth-order valence-electron chi connectivity index (χ4n) is 2.60. The van der Waals surface area contributed by atoms with Crippen molar-refractivity contribution in [1.29, 1.82) is 0 Å². The Morgan fingerprint density at radius 2 is 2.33 bits per heavy atom. The summed E-state index contributed by atoms with van der Waals surface area (Å²) < 4.78 is 0. The summed E-state index contributed by atoms with van der Waals surface area (Å²) in [6.45, 7) is 6.21. The average Bonchev–Trinajstić information content (AvgIpc) is 2.46. The highest BCUT2D eigenvalue weighted by atomic mass is 16.2. The molecule has 1 saturated heterocycles. The molecule has 1 fully saturated rings. The van der Waals surface area contributed by atoms with Gasteiger partial charge in [0.1, 0.15) is 0 Å². The van der Waals surface area contributed by atoms with Crippen LogP contribution in [0.15, 0.2) is 18.2 Å². The van der Waals surface area contributed by atoms with Crippen LogP contribution in [0, 0.1) is 24.7 Å². The Kier molecular flexibility index (Phi) is 5.24. The van der Waals surface area contributed by atoms with Gasteiger partial charge in [-0.3, -0.25) is 0 Å². The second kappa shape index (κ2) is 7.14. The van der Waals surface area contributed by atoms with Crippen molar-refractivity contribution in [2.75, 3.05) is 25.0 Å². The van der Waals surface area contributed by atoms with Crippen molar-refractivity contribution in [2.24, 2.45) is 11.7 Å². The highest BCUT2D eigenvalue weighted by Gasteiger charge is 2.20. The molecule has 1 aliphatic heterocycles. The van der Waals surface area contributed by atoms with Crippen LogP contribution in [-0.4, -0.2) is 30.6 Å². The third-order valence-electron chi connectivity index (χ3n) is 3.75. The Balaban J connectivity index is 2.02. The van der Waals surface area contributed by atoms with Crippen LogP contribution < -0.4 is 11.1 Å². The number of carbonyl (C=O) groups is 1. The molecule has 1 atom stereocenters. The van der Waals surface area contributed by atoms with Gasteiger partial charge in [0.25, 0.3) is 0 Å². The number of hydrogen-bond donors (Lipinski definition) is 2. The van der Waals surface area contributed by atoms with Crippen LogP contribution in [0.2, 0.25) is 0 Å². The predicted octanol–water partition coefficient (Wildman–Crippen LogP) is 2.57. The van der Waals surface area contributed by atoms with E-state index in [0.29, 0.717) is 12.5 Å². The molecule has 1 aromatic rings. The van der Waals surface area contributed by atoms with E-state index in [1.165, 1.54) is 6.42 Å². The third kappa shape index (κ3) is 4.24. The summed E-state index contributed by atoms with van der Waals surface area (Å²) in [5.41, 5.74) is 8.19. The van der Waals surface area contributed by atoms with Crippen LogP contribution >= 0.6 is 0 Å². The Morgan fingerprint density at radius 1 is 1.52 bits per heavy atom. The van der Waals surface area contributed by atoms with E-state index in [0.717, 1.165) is 36.3 Å². The fourth-order valence-corrected chi connectivity index (χ4v) is 2.60. The molecule has 1 unspecified atom stereocenters. The lowest BCUT2D eigenvalue weighted by Gasteiger charge is -2.31. The highest BCUT2D eigenvalue weighted by Crippen LogP contribution is 2.18. The van der Waals surface area contributed by atoms with Gasteiger partial charge in [-0.05, 0) is 49.4 Å². The lowest BCUT2D eigenvalue weighted by molar-refractivity contribution is 0.182. The van der Waals surface area contributed by atoms with Gasteiger partial charge in [0, 0.05) is 24.3 Å². The average molecular weight is 285 g/mol. The standard InChI is InChI=1S/C17H23N3O/c1-13-5-4-10-20(12-13)17(21)19-16-8-7-15(6-3-9-18)14(2)11-16/h7-8,11,13H,4-5,9-10,12,18H2,1-2H3,(H,19,21). The first-order valence-electron chi connectivity index (χ1n) is 7.45. The fraction of sp³-hybridized carbons (Fsp3) is 0.471. The van der Waals surface area contributed by atoms with E-state index < -0.39 is 0 Å². The van der Waals surface area contributed by atoms with Crippen LogP contribution in [0.4, 0.5) is 10.5 Å². The molecule has 0 radical (unpaired) electrons. The molecule has 0 saturated carbocycles. The van der Waals surface area contributed by atoms with E-state index in [1.807, 2.05) is 30.0 Å². The summed E-state index contributed by atoms with van der Waals surface area (Å²) >= 11 is 0. The van der Waals surface area contributed by atoms with E-state index in [9.17, 15) is 4.79 Å². The largest absolute Gasteiger partial charge is 0.324 e. The molecular formula is C17H23N3O. The lowest BCUT2D eigenvalue weighted by Crippen LogP contribution is -2.41. The Labute approximate surface area is 126 Å². The molecule has 3 N–H and O–H groups in total. The minimum atomic E-state index is -0.0123. The lowest BCUT2D eigenvalue weighted by atomic mass is 10.0. The number of nitrogens with zero attached hydrogens (tertiary/aromatic N) is 1. The van der Waals surface area contributed by atoms with Crippen molar-refractivity contribution in [3.8, 4) is 11.8 Å². The van der Waals surface area contributed by atoms with Crippen molar-refractivity contribution in [3.05, 3.63) is 29.3 Å². The first kappa shape index (κ1) is 15.4. The van der Waals surface area contributed by atoms with Crippen molar-refractivity contribution >= 4 is 11.7 Å². The number of rotatable bonds is 1. The number of aryl methyl sites for hydroxylation is 1. The molecule has 0 spiro atoms. The minimum Gasteiger partial charge on any atom is -0.324 e. The van der Waals surface area contributed by atoms with E-state index >= 15 is 0 Å². The van der Waals surface area contributed by atoms with Crippen molar-refractivity contribution in [3.63, 3.8) is 0 Å². The van der Waals surface area contributed by atoms with Gasteiger partial charge in [0.15, 0.2) is 0 Å². The van der Waals surface area contributed by atoms with Crippen molar-refractivity contribution in [1.82, 2.24) is 4.90 Å².